The number of benzene rings is 2. The summed E-state index contributed by atoms with van der Waals surface area (Å²) in [6.07, 6.45) is 2.13. The van der Waals surface area contributed by atoms with E-state index >= 15 is 0 Å². The monoisotopic (exact) mass is 545 g/mol. The number of hydrogen-bond donors (Lipinski definition) is 3. The number of hydrogen-bond acceptors (Lipinski definition) is 7. The molecular weight excluding hydrogens is 506 g/mol. The quantitative estimate of drug-likeness (QED) is 0.345. The first-order valence-corrected chi connectivity index (χ1v) is 13.9. The molecule has 2 rings (SSSR count). The van der Waals surface area contributed by atoms with Crippen molar-refractivity contribution in [3.8, 4) is 11.5 Å². The second kappa shape index (κ2) is 14.5. The number of phenols is 1. The number of methoxy groups -OCH3 is 1. The molecule has 3 N–H and O–H groups in total. The summed E-state index contributed by atoms with van der Waals surface area (Å²) in [5, 5.41) is 15.7. The van der Waals surface area contributed by atoms with E-state index in [9.17, 15) is 19.5 Å². The predicted octanol–water partition coefficient (Wildman–Crippen LogP) is 4.97. The highest BCUT2D eigenvalue weighted by molar-refractivity contribution is 7.98. The number of amides is 3. The van der Waals surface area contributed by atoms with E-state index in [0.717, 1.165) is 0 Å². The Hall–Kier alpha value is -3.40. The van der Waals surface area contributed by atoms with Gasteiger partial charge in [-0.05, 0) is 87.6 Å². The molecule has 38 heavy (non-hydrogen) atoms. The van der Waals surface area contributed by atoms with E-state index in [1.165, 1.54) is 17.0 Å². The van der Waals surface area contributed by atoms with Crippen molar-refractivity contribution >= 4 is 35.4 Å². The van der Waals surface area contributed by atoms with Crippen LogP contribution < -0.4 is 15.4 Å². The van der Waals surface area contributed by atoms with Gasteiger partial charge in [0.1, 0.15) is 29.2 Å². The Morgan fingerprint density at radius 2 is 1.79 bits per heavy atom. The molecule has 0 aliphatic heterocycles. The summed E-state index contributed by atoms with van der Waals surface area (Å²) >= 11 is 1.55. The summed E-state index contributed by atoms with van der Waals surface area (Å²) in [4.78, 5) is 41.7. The fourth-order valence-corrected chi connectivity index (χ4v) is 4.27. The Labute approximate surface area is 229 Å². The van der Waals surface area contributed by atoms with Crippen LogP contribution in [0.1, 0.15) is 52.1 Å². The third kappa shape index (κ3) is 9.48. The zero-order chi connectivity index (χ0) is 28.3. The van der Waals surface area contributed by atoms with Gasteiger partial charge in [0.05, 0.1) is 7.11 Å². The highest BCUT2D eigenvalue weighted by atomic mass is 32.2. The minimum absolute atomic E-state index is 0.0283. The Kier molecular flexibility index (Phi) is 11.8. The lowest BCUT2D eigenvalue weighted by atomic mass is 10.0. The third-order valence-corrected chi connectivity index (χ3v) is 6.09. The van der Waals surface area contributed by atoms with E-state index in [1.54, 1.807) is 76.0 Å². The molecule has 9 nitrogen and oxygen atoms in total. The van der Waals surface area contributed by atoms with E-state index < -0.39 is 35.6 Å². The zero-order valence-electron chi connectivity index (χ0n) is 22.9. The van der Waals surface area contributed by atoms with Crippen molar-refractivity contribution in [1.82, 2.24) is 10.2 Å². The lowest BCUT2D eigenvalue weighted by molar-refractivity contribution is -0.140. The minimum atomic E-state index is -1.06. The van der Waals surface area contributed by atoms with Crippen LogP contribution in [0.25, 0.3) is 0 Å². The van der Waals surface area contributed by atoms with Gasteiger partial charge in [-0.3, -0.25) is 9.59 Å². The maximum Gasteiger partial charge on any atom is 0.408 e. The summed E-state index contributed by atoms with van der Waals surface area (Å²) < 4.78 is 10.6. The molecule has 0 aliphatic carbocycles. The number of nitrogens with one attached hydrogen (secondary N) is 2. The summed E-state index contributed by atoms with van der Waals surface area (Å²) in [5.74, 6) is 0.356. The van der Waals surface area contributed by atoms with Crippen LogP contribution in [0.4, 0.5) is 10.5 Å². The molecule has 2 atom stereocenters. The molecule has 208 valence electrons. The van der Waals surface area contributed by atoms with E-state index in [0.29, 0.717) is 35.6 Å². The molecule has 0 bridgehead atoms. The van der Waals surface area contributed by atoms with Gasteiger partial charge in [0.15, 0.2) is 0 Å². The van der Waals surface area contributed by atoms with Crippen molar-refractivity contribution in [2.45, 2.75) is 58.2 Å². The number of nitrogens with zero attached hydrogens (tertiary/aromatic N) is 1. The largest absolute Gasteiger partial charge is 0.508 e. The molecule has 0 saturated carbocycles. The second-order valence-electron chi connectivity index (χ2n) is 9.73. The smallest absolute Gasteiger partial charge is 0.408 e. The Balaban J connectivity index is 2.46. The summed E-state index contributed by atoms with van der Waals surface area (Å²) in [6, 6.07) is 11.1. The number of ether oxygens (including phenoxy) is 2. The highest BCUT2D eigenvalue weighted by Crippen LogP contribution is 2.28. The SMILES string of the molecule is CCCN(C(=O)C(CCSC)NC(=O)OC(C)(C)C)C(C(=O)Nc1ccc(OC)cc1)c1cccc(O)c1. The first-order valence-electron chi connectivity index (χ1n) is 12.5. The summed E-state index contributed by atoms with van der Waals surface area (Å²) in [5.41, 5.74) is 0.234. The van der Waals surface area contributed by atoms with Crippen molar-refractivity contribution in [3.63, 3.8) is 0 Å². The average molecular weight is 546 g/mol. The van der Waals surface area contributed by atoms with E-state index in [-0.39, 0.29) is 12.3 Å². The topological polar surface area (TPSA) is 117 Å². The number of carbonyl (C=O) groups excluding carboxylic acids is 3. The van der Waals surface area contributed by atoms with E-state index in [1.807, 2.05) is 13.2 Å². The van der Waals surface area contributed by atoms with Gasteiger partial charge in [0, 0.05) is 12.2 Å². The maximum atomic E-state index is 14.0. The second-order valence-corrected chi connectivity index (χ2v) is 10.7. The zero-order valence-corrected chi connectivity index (χ0v) is 23.8. The molecule has 2 unspecified atom stereocenters. The molecule has 0 heterocycles. The van der Waals surface area contributed by atoms with Crippen molar-refractivity contribution in [2.75, 3.05) is 31.0 Å². The number of anilines is 1. The first kappa shape index (κ1) is 30.8. The molecular formula is C28H39N3O6S. The number of thioether (sulfide) groups is 1. The number of alkyl carbamates (subject to hydrolysis) is 1. The third-order valence-electron chi connectivity index (χ3n) is 5.45. The molecule has 0 aliphatic rings. The number of rotatable bonds is 12. The molecule has 2 aromatic rings. The normalized spacial score (nSPS) is 12.7. The molecule has 0 aromatic heterocycles. The van der Waals surface area contributed by atoms with Crippen LogP contribution in [0, 0.1) is 0 Å². The highest BCUT2D eigenvalue weighted by Gasteiger charge is 2.36. The Morgan fingerprint density at radius 3 is 2.34 bits per heavy atom. The van der Waals surface area contributed by atoms with E-state index in [4.69, 9.17) is 9.47 Å². The Bertz CT molecular complexity index is 1070. The van der Waals surface area contributed by atoms with Gasteiger partial charge in [-0.15, -0.1) is 0 Å². The van der Waals surface area contributed by atoms with Crippen LogP contribution in [-0.2, 0) is 14.3 Å². The fraction of sp³-hybridized carbons (Fsp3) is 0.464. The van der Waals surface area contributed by atoms with Crippen LogP contribution in [0.5, 0.6) is 11.5 Å². The van der Waals surface area contributed by atoms with Crippen molar-refractivity contribution < 1.29 is 29.0 Å². The average Bonchev–Trinajstić information content (AvgIpc) is 2.85. The van der Waals surface area contributed by atoms with Gasteiger partial charge in [-0.2, -0.15) is 11.8 Å². The van der Waals surface area contributed by atoms with E-state index in [2.05, 4.69) is 10.6 Å². The van der Waals surface area contributed by atoms with Crippen LogP contribution in [0.2, 0.25) is 0 Å². The van der Waals surface area contributed by atoms with Gasteiger partial charge in [0.25, 0.3) is 5.91 Å². The van der Waals surface area contributed by atoms with Crippen molar-refractivity contribution in [1.29, 1.82) is 0 Å². The fourth-order valence-electron chi connectivity index (χ4n) is 3.80. The number of phenolic OH excluding ortho intramolecular Hbond substituents is 1. The molecule has 2 aromatic carbocycles. The van der Waals surface area contributed by atoms with Gasteiger partial charge in [0.2, 0.25) is 5.91 Å². The van der Waals surface area contributed by atoms with Gasteiger partial charge in [-0.1, -0.05) is 19.1 Å². The number of aromatic hydroxyl groups is 1. The molecule has 0 saturated heterocycles. The van der Waals surface area contributed by atoms with Crippen LogP contribution >= 0.6 is 11.8 Å². The molecule has 0 radical (unpaired) electrons. The van der Waals surface area contributed by atoms with Gasteiger partial charge < -0.3 is 30.1 Å². The molecule has 10 heteroatoms. The van der Waals surface area contributed by atoms with Gasteiger partial charge >= 0.3 is 6.09 Å². The van der Waals surface area contributed by atoms with Crippen molar-refractivity contribution in [3.05, 3.63) is 54.1 Å². The van der Waals surface area contributed by atoms with Crippen LogP contribution in [0.15, 0.2) is 48.5 Å². The lowest BCUT2D eigenvalue weighted by Gasteiger charge is -2.34. The molecule has 3 amide bonds. The summed E-state index contributed by atoms with van der Waals surface area (Å²) in [6.45, 7) is 7.39. The number of carbonyl (C=O) groups is 3. The standard InChI is InChI=1S/C28H39N3O6S/c1-7-16-31(26(34)23(15-17-38-6)30-27(35)37-28(2,3)4)24(19-9-8-10-21(32)18-19)25(33)29-20-11-13-22(36-5)14-12-20/h8-14,18,23-24,32H,7,15-17H2,1-6H3,(H,29,33)(H,30,35). The Morgan fingerprint density at radius 1 is 1.11 bits per heavy atom. The molecule has 0 spiro atoms. The maximum absolute atomic E-state index is 14.0. The van der Waals surface area contributed by atoms with Crippen LogP contribution in [0.3, 0.4) is 0 Å². The van der Waals surface area contributed by atoms with Crippen LogP contribution in [-0.4, -0.2) is 65.2 Å². The minimum Gasteiger partial charge on any atom is -0.508 e. The first-order chi connectivity index (χ1) is 18.0. The molecule has 0 fully saturated rings. The van der Waals surface area contributed by atoms with Gasteiger partial charge in [-0.25, -0.2) is 4.79 Å². The van der Waals surface area contributed by atoms with Crippen molar-refractivity contribution in [2.24, 2.45) is 0 Å². The summed E-state index contributed by atoms with van der Waals surface area (Å²) in [7, 11) is 1.55. The lowest BCUT2D eigenvalue weighted by Crippen LogP contribution is -2.52. The predicted molar refractivity (Wildman–Crippen MR) is 151 cm³/mol.